The number of rotatable bonds is 9. The second-order valence-corrected chi connectivity index (χ2v) is 7.60. The van der Waals surface area contributed by atoms with Crippen LogP contribution >= 0.6 is 0 Å². The van der Waals surface area contributed by atoms with Crippen LogP contribution in [0.1, 0.15) is 18.5 Å². The van der Waals surface area contributed by atoms with Gasteiger partial charge in [0.1, 0.15) is 17.2 Å². The molecule has 1 amide bonds. The second kappa shape index (κ2) is 9.83. The molecule has 0 saturated heterocycles. The van der Waals surface area contributed by atoms with Gasteiger partial charge in [0.05, 0.1) is 11.4 Å². The molecule has 1 atom stereocenters. The number of carbonyl (C=O) groups excluding carboxylic acids is 1. The van der Waals surface area contributed by atoms with Crippen molar-refractivity contribution in [1.82, 2.24) is 4.98 Å². The molecule has 0 saturated carbocycles. The Labute approximate surface area is 196 Å². The van der Waals surface area contributed by atoms with Crippen LogP contribution in [-0.4, -0.2) is 10.9 Å². The Balaban J connectivity index is 1.52. The third-order valence-electron chi connectivity index (χ3n) is 5.23. The highest BCUT2D eigenvalue weighted by Crippen LogP contribution is 2.28. The summed E-state index contributed by atoms with van der Waals surface area (Å²) < 4.78 is 0. The van der Waals surface area contributed by atoms with Crippen LogP contribution in [0.3, 0.4) is 0 Å². The number of pyridine rings is 1. The summed E-state index contributed by atoms with van der Waals surface area (Å²) in [5, 5.41) is 12.1. The molecule has 0 radical (unpaired) electrons. The van der Waals surface area contributed by atoms with Crippen molar-refractivity contribution in [3.63, 3.8) is 0 Å². The summed E-state index contributed by atoms with van der Waals surface area (Å²) in [6.45, 7) is 5.39. The molecule has 0 aliphatic heterocycles. The lowest BCUT2D eigenvalue weighted by atomic mass is 10.1. The van der Waals surface area contributed by atoms with E-state index < -0.39 is 10.9 Å². The van der Waals surface area contributed by atoms with Crippen molar-refractivity contribution in [2.45, 2.75) is 13.0 Å². The van der Waals surface area contributed by atoms with Crippen LogP contribution in [0.25, 0.3) is 0 Å². The summed E-state index contributed by atoms with van der Waals surface area (Å²) in [5.74, 6) is 0.152. The van der Waals surface area contributed by atoms with E-state index in [1.165, 1.54) is 6.08 Å². The van der Waals surface area contributed by atoms with Crippen molar-refractivity contribution >= 4 is 40.2 Å². The van der Waals surface area contributed by atoms with E-state index >= 15 is 0 Å². The van der Waals surface area contributed by atoms with Crippen molar-refractivity contribution in [2.24, 2.45) is 0 Å². The van der Waals surface area contributed by atoms with E-state index in [1.807, 2.05) is 43.3 Å². The highest BCUT2D eigenvalue weighted by Gasteiger charge is 2.23. The molecule has 1 aromatic heterocycles. The van der Waals surface area contributed by atoms with Gasteiger partial charge >= 0.3 is 0 Å². The van der Waals surface area contributed by atoms with Gasteiger partial charge in [-0.2, -0.15) is 0 Å². The second-order valence-electron chi connectivity index (χ2n) is 7.60. The minimum absolute atomic E-state index is 0.151. The largest absolute Gasteiger partial charge is 0.373 e. The predicted molar refractivity (Wildman–Crippen MR) is 136 cm³/mol. The third kappa shape index (κ3) is 4.86. The van der Waals surface area contributed by atoms with Crippen molar-refractivity contribution in [3.05, 3.63) is 112 Å². The minimum Gasteiger partial charge on any atom is -0.373 e. The average molecular weight is 454 g/mol. The number of para-hydroxylation sites is 2. The van der Waals surface area contributed by atoms with Gasteiger partial charge in [0.2, 0.25) is 5.91 Å². The van der Waals surface area contributed by atoms with Gasteiger partial charge in [-0.25, -0.2) is 4.98 Å². The molecule has 0 aliphatic carbocycles. The molecule has 4 rings (SSSR count). The standard InChI is InChI=1S/C26H23N5O3/c1-3-22(32)31-20-12-8-7-11-19(20)30-21-15-18(13-14-27-21)29-24-23(25(33)26(24)34)28-16(2)17-9-5-4-6-10-17/h3-16,28H,1H2,2H3,(H,31,32)(H2,27,29,30). The topological polar surface area (TPSA) is 112 Å². The number of nitrogens with one attached hydrogen (secondary N) is 4. The first-order chi connectivity index (χ1) is 16.5. The van der Waals surface area contributed by atoms with Crippen LogP contribution in [0.15, 0.2) is 95.2 Å². The predicted octanol–water partition coefficient (Wildman–Crippen LogP) is 4.46. The van der Waals surface area contributed by atoms with E-state index in [1.54, 1.807) is 36.5 Å². The van der Waals surface area contributed by atoms with Gasteiger partial charge in [0, 0.05) is 24.0 Å². The van der Waals surface area contributed by atoms with Gasteiger partial charge in [-0.05, 0) is 36.8 Å². The number of carbonyl (C=O) groups is 1. The zero-order chi connectivity index (χ0) is 24.1. The molecule has 0 bridgehead atoms. The lowest BCUT2D eigenvalue weighted by Crippen LogP contribution is -2.37. The van der Waals surface area contributed by atoms with Gasteiger partial charge in [-0.15, -0.1) is 0 Å². The number of anilines is 6. The maximum Gasteiger partial charge on any atom is 0.253 e. The molecule has 0 aliphatic rings. The number of nitrogens with zero attached hydrogens (tertiary/aromatic N) is 1. The first-order valence-electron chi connectivity index (χ1n) is 10.6. The van der Waals surface area contributed by atoms with E-state index in [9.17, 15) is 14.4 Å². The summed E-state index contributed by atoms with van der Waals surface area (Å²) in [7, 11) is 0. The zero-order valence-corrected chi connectivity index (χ0v) is 18.5. The van der Waals surface area contributed by atoms with Crippen molar-refractivity contribution in [1.29, 1.82) is 0 Å². The summed E-state index contributed by atoms with van der Waals surface area (Å²) in [6, 6.07) is 20.1. The van der Waals surface area contributed by atoms with Crippen LogP contribution < -0.4 is 32.1 Å². The first-order valence-corrected chi connectivity index (χ1v) is 10.6. The smallest absolute Gasteiger partial charge is 0.253 e. The van der Waals surface area contributed by atoms with Crippen LogP contribution in [-0.2, 0) is 4.79 Å². The Morgan fingerprint density at radius 3 is 2.32 bits per heavy atom. The fraction of sp³-hybridized carbons (Fsp3) is 0.0769. The molecule has 4 N–H and O–H groups in total. The van der Waals surface area contributed by atoms with Crippen LogP contribution in [0.4, 0.5) is 34.3 Å². The van der Waals surface area contributed by atoms with Crippen molar-refractivity contribution < 1.29 is 4.79 Å². The number of hydrogen-bond donors (Lipinski definition) is 4. The van der Waals surface area contributed by atoms with Gasteiger partial charge in [0.15, 0.2) is 0 Å². The lowest BCUT2D eigenvalue weighted by molar-refractivity contribution is -0.111. The van der Waals surface area contributed by atoms with E-state index in [4.69, 9.17) is 0 Å². The summed E-state index contributed by atoms with van der Waals surface area (Å²) in [6.07, 6.45) is 2.76. The summed E-state index contributed by atoms with van der Waals surface area (Å²) in [5.41, 5.74) is 2.11. The molecule has 34 heavy (non-hydrogen) atoms. The molecule has 0 fully saturated rings. The molecule has 170 valence electrons. The van der Waals surface area contributed by atoms with Gasteiger partial charge in [-0.3, -0.25) is 14.4 Å². The molecule has 0 spiro atoms. The molecule has 8 heteroatoms. The number of aromatic nitrogens is 1. The Morgan fingerprint density at radius 1 is 0.912 bits per heavy atom. The molecule has 1 unspecified atom stereocenters. The molecular weight excluding hydrogens is 430 g/mol. The fourth-order valence-corrected chi connectivity index (χ4v) is 3.43. The van der Waals surface area contributed by atoms with Crippen LogP contribution in [0.2, 0.25) is 0 Å². The van der Waals surface area contributed by atoms with Crippen LogP contribution in [0.5, 0.6) is 0 Å². The number of benzene rings is 2. The van der Waals surface area contributed by atoms with E-state index in [2.05, 4.69) is 32.8 Å². The summed E-state index contributed by atoms with van der Waals surface area (Å²) >= 11 is 0. The first kappa shape index (κ1) is 22.5. The average Bonchev–Trinajstić information content (AvgIpc) is 2.87. The molecule has 1 heterocycles. The Morgan fingerprint density at radius 2 is 1.59 bits per heavy atom. The molecule has 4 aromatic rings. The Kier molecular flexibility index (Phi) is 6.49. The maximum absolute atomic E-state index is 12.3. The van der Waals surface area contributed by atoms with E-state index in [-0.39, 0.29) is 23.3 Å². The molecule has 3 aromatic carbocycles. The van der Waals surface area contributed by atoms with E-state index in [0.29, 0.717) is 22.9 Å². The number of amides is 1. The van der Waals surface area contributed by atoms with Gasteiger partial charge in [0.25, 0.3) is 10.9 Å². The highest BCUT2D eigenvalue weighted by atomic mass is 16.2. The zero-order valence-electron chi connectivity index (χ0n) is 18.5. The Hall–Kier alpha value is -4.72. The summed E-state index contributed by atoms with van der Waals surface area (Å²) in [4.78, 5) is 40.5. The number of hydrogen-bond acceptors (Lipinski definition) is 7. The quantitative estimate of drug-likeness (QED) is 0.219. The molecular formula is C26H23N5O3. The van der Waals surface area contributed by atoms with Crippen LogP contribution in [0, 0.1) is 0 Å². The van der Waals surface area contributed by atoms with Gasteiger partial charge < -0.3 is 21.3 Å². The SMILES string of the molecule is C=CC(=O)Nc1ccccc1Nc1cc(Nc2c(NC(C)c3ccccc3)c(=O)c2=O)ccn1. The maximum atomic E-state index is 12.3. The monoisotopic (exact) mass is 453 g/mol. The van der Waals surface area contributed by atoms with Gasteiger partial charge in [-0.1, -0.05) is 49.0 Å². The normalized spacial score (nSPS) is 11.4. The third-order valence-corrected chi connectivity index (χ3v) is 5.23. The molecule has 8 nitrogen and oxygen atoms in total. The van der Waals surface area contributed by atoms with E-state index in [0.717, 1.165) is 5.56 Å². The highest BCUT2D eigenvalue weighted by molar-refractivity contribution is 6.01. The van der Waals surface area contributed by atoms with Crippen molar-refractivity contribution in [3.8, 4) is 0 Å². The Bertz CT molecular complexity index is 1410. The van der Waals surface area contributed by atoms with Crippen molar-refractivity contribution in [2.75, 3.05) is 21.3 Å². The minimum atomic E-state index is -0.577. The fourth-order valence-electron chi connectivity index (χ4n) is 3.43. The lowest BCUT2D eigenvalue weighted by Gasteiger charge is -2.20.